The highest BCUT2D eigenvalue weighted by molar-refractivity contribution is 5.88. The first-order valence-corrected chi connectivity index (χ1v) is 5.05. The van der Waals surface area contributed by atoms with Crippen molar-refractivity contribution in [2.75, 3.05) is 0 Å². The maximum absolute atomic E-state index is 10.9. The topological polar surface area (TPSA) is 74.6 Å². The summed E-state index contributed by atoms with van der Waals surface area (Å²) in [5.41, 5.74) is -0.393. The van der Waals surface area contributed by atoms with Crippen LogP contribution in [0.4, 0.5) is 0 Å². The Bertz CT molecular complexity index is 256. The van der Waals surface area contributed by atoms with E-state index in [1.807, 2.05) is 0 Å². The lowest BCUT2D eigenvalue weighted by Crippen LogP contribution is -2.15. The van der Waals surface area contributed by atoms with Gasteiger partial charge < -0.3 is 10.2 Å². The fraction of sp³-hybridized carbons (Fsp3) is 0.800. The summed E-state index contributed by atoms with van der Waals surface area (Å²) in [6.45, 7) is 0. The minimum atomic E-state index is -0.931. The summed E-state index contributed by atoms with van der Waals surface area (Å²) < 4.78 is 0. The number of hydrogen-bond acceptors (Lipinski definition) is 2. The van der Waals surface area contributed by atoms with Crippen LogP contribution < -0.4 is 0 Å². The van der Waals surface area contributed by atoms with E-state index in [4.69, 9.17) is 10.2 Å². The van der Waals surface area contributed by atoms with Crippen LogP contribution in [0.1, 0.15) is 32.1 Å². The summed E-state index contributed by atoms with van der Waals surface area (Å²) in [5, 5.41) is 17.9. The second kappa shape index (κ2) is 2.97. The van der Waals surface area contributed by atoms with Crippen molar-refractivity contribution in [2.24, 2.45) is 17.3 Å². The number of carboxylic acids is 2. The van der Waals surface area contributed by atoms with Crippen molar-refractivity contribution >= 4 is 11.9 Å². The van der Waals surface area contributed by atoms with Crippen LogP contribution in [0, 0.1) is 17.3 Å². The Labute approximate surface area is 81.9 Å². The minimum Gasteiger partial charge on any atom is -0.481 e. The molecule has 0 aromatic rings. The van der Waals surface area contributed by atoms with Gasteiger partial charge in [-0.2, -0.15) is 0 Å². The lowest BCUT2D eigenvalue weighted by atomic mass is 9.83. The van der Waals surface area contributed by atoms with Gasteiger partial charge in [0.15, 0.2) is 0 Å². The van der Waals surface area contributed by atoms with E-state index in [1.165, 1.54) is 0 Å². The highest BCUT2D eigenvalue weighted by atomic mass is 16.4. The van der Waals surface area contributed by atoms with Crippen LogP contribution in [0.25, 0.3) is 0 Å². The van der Waals surface area contributed by atoms with Gasteiger partial charge in [-0.05, 0) is 18.3 Å². The van der Waals surface area contributed by atoms with Crippen LogP contribution in [0.2, 0.25) is 0 Å². The third-order valence-corrected chi connectivity index (χ3v) is 3.78. The molecule has 2 saturated carbocycles. The van der Waals surface area contributed by atoms with Gasteiger partial charge in [-0.15, -0.1) is 0 Å². The SMILES string of the molecule is O=C(O)[C@H]1[C@H](C(=O)O)C12CCCCC2. The van der Waals surface area contributed by atoms with Gasteiger partial charge in [0.05, 0.1) is 11.8 Å². The smallest absolute Gasteiger partial charge is 0.307 e. The number of carboxylic acid groups (broad SMARTS) is 2. The molecule has 2 N–H and O–H groups in total. The Morgan fingerprint density at radius 2 is 1.36 bits per heavy atom. The zero-order valence-corrected chi connectivity index (χ0v) is 7.90. The summed E-state index contributed by atoms with van der Waals surface area (Å²) in [6.07, 6.45) is 4.63. The fourth-order valence-electron chi connectivity index (χ4n) is 3.10. The molecule has 2 aliphatic carbocycles. The first kappa shape index (κ1) is 9.49. The molecular weight excluding hydrogens is 184 g/mol. The highest BCUT2D eigenvalue weighted by Gasteiger charge is 2.71. The van der Waals surface area contributed by atoms with Crippen LogP contribution >= 0.6 is 0 Å². The zero-order chi connectivity index (χ0) is 10.3. The molecule has 0 amide bonds. The van der Waals surface area contributed by atoms with Crippen LogP contribution in [-0.4, -0.2) is 22.2 Å². The van der Waals surface area contributed by atoms with Crippen molar-refractivity contribution in [3.63, 3.8) is 0 Å². The van der Waals surface area contributed by atoms with Crippen molar-refractivity contribution in [3.05, 3.63) is 0 Å². The van der Waals surface area contributed by atoms with E-state index < -0.39 is 29.2 Å². The number of aliphatic carboxylic acids is 2. The molecule has 0 aliphatic heterocycles. The molecule has 0 bridgehead atoms. The standard InChI is InChI=1S/C10H14O4/c11-8(12)6-7(9(13)14)10(6)4-2-1-3-5-10/h6-7H,1-5H2,(H,11,12)(H,13,14)/t6-,7-/m1/s1. The molecule has 1 spiro atoms. The molecule has 0 aromatic heterocycles. The normalized spacial score (nSPS) is 34.0. The Morgan fingerprint density at radius 1 is 0.929 bits per heavy atom. The molecule has 2 atom stereocenters. The first-order valence-electron chi connectivity index (χ1n) is 5.05. The van der Waals surface area contributed by atoms with Gasteiger partial charge in [-0.1, -0.05) is 19.3 Å². The summed E-state index contributed by atoms with van der Waals surface area (Å²) >= 11 is 0. The van der Waals surface area contributed by atoms with Gasteiger partial charge in [0.25, 0.3) is 0 Å². The third-order valence-electron chi connectivity index (χ3n) is 3.78. The summed E-state index contributed by atoms with van der Waals surface area (Å²) in [6, 6.07) is 0. The van der Waals surface area contributed by atoms with E-state index in [0.29, 0.717) is 0 Å². The number of carbonyl (C=O) groups is 2. The molecular formula is C10H14O4. The average Bonchev–Trinajstić information content (AvgIpc) is 2.75. The third kappa shape index (κ3) is 1.13. The molecule has 4 nitrogen and oxygen atoms in total. The van der Waals surface area contributed by atoms with Gasteiger partial charge >= 0.3 is 11.9 Å². The second-order valence-electron chi connectivity index (χ2n) is 4.43. The Kier molecular flexibility index (Phi) is 2.01. The Hall–Kier alpha value is -1.06. The van der Waals surface area contributed by atoms with Crippen LogP contribution in [0.15, 0.2) is 0 Å². The molecule has 0 aromatic carbocycles. The molecule has 2 aliphatic rings. The predicted octanol–water partition coefficient (Wildman–Crippen LogP) is 1.35. The van der Waals surface area contributed by atoms with E-state index in [0.717, 1.165) is 32.1 Å². The van der Waals surface area contributed by atoms with Gasteiger partial charge in [-0.3, -0.25) is 9.59 Å². The average molecular weight is 198 g/mol. The quantitative estimate of drug-likeness (QED) is 0.702. The largest absolute Gasteiger partial charge is 0.481 e. The monoisotopic (exact) mass is 198 g/mol. The van der Waals surface area contributed by atoms with E-state index in [9.17, 15) is 9.59 Å². The molecule has 0 saturated heterocycles. The zero-order valence-electron chi connectivity index (χ0n) is 7.90. The molecule has 2 fully saturated rings. The highest BCUT2D eigenvalue weighted by Crippen LogP contribution is 2.66. The Morgan fingerprint density at radius 3 is 1.71 bits per heavy atom. The molecule has 14 heavy (non-hydrogen) atoms. The van der Waals surface area contributed by atoms with Crippen molar-refractivity contribution in [3.8, 4) is 0 Å². The molecule has 78 valence electrons. The number of rotatable bonds is 2. The molecule has 2 rings (SSSR count). The van der Waals surface area contributed by atoms with Crippen LogP contribution in [-0.2, 0) is 9.59 Å². The van der Waals surface area contributed by atoms with Gasteiger partial charge in [0.1, 0.15) is 0 Å². The predicted molar refractivity (Wildman–Crippen MR) is 47.8 cm³/mol. The van der Waals surface area contributed by atoms with Crippen molar-refractivity contribution in [1.82, 2.24) is 0 Å². The molecule has 0 unspecified atom stereocenters. The van der Waals surface area contributed by atoms with Crippen LogP contribution in [0.5, 0.6) is 0 Å². The summed E-state index contributed by atoms with van der Waals surface area (Å²) in [7, 11) is 0. The molecule has 0 radical (unpaired) electrons. The Balaban J connectivity index is 2.18. The van der Waals surface area contributed by atoms with Gasteiger partial charge in [0, 0.05) is 0 Å². The van der Waals surface area contributed by atoms with E-state index in [1.54, 1.807) is 0 Å². The van der Waals surface area contributed by atoms with Gasteiger partial charge in [-0.25, -0.2) is 0 Å². The lowest BCUT2D eigenvalue weighted by Gasteiger charge is -2.21. The second-order valence-corrected chi connectivity index (χ2v) is 4.43. The summed E-state index contributed by atoms with van der Waals surface area (Å²) in [5.74, 6) is -3.11. The van der Waals surface area contributed by atoms with E-state index in [-0.39, 0.29) is 0 Å². The summed E-state index contributed by atoms with van der Waals surface area (Å²) in [4.78, 5) is 21.8. The maximum atomic E-state index is 10.9. The minimum absolute atomic E-state index is 0.393. The first-order chi connectivity index (χ1) is 6.59. The molecule has 4 heteroatoms. The fourth-order valence-corrected chi connectivity index (χ4v) is 3.10. The maximum Gasteiger partial charge on any atom is 0.307 e. The lowest BCUT2D eigenvalue weighted by molar-refractivity contribution is -0.144. The molecule has 0 heterocycles. The number of hydrogen-bond donors (Lipinski definition) is 2. The van der Waals surface area contributed by atoms with E-state index in [2.05, 4.69) is 0 Å². The van der Waals surface area contributed by atoms with Gasteiger partial charge in [0.2, 0.25) is 0 Å². The van der Waals surface area contributed by atoms with Crippen molar-refractivity contribution in [2.45, 2.75) is 32.1 Å². The van der Waals surface area contributed by atoms with E-state index >= 15 is 0 Å². The van der Waals surface area contributed by atoms with Crippen molar-refractivity contribution < 1.29 is 19.8 Å². The van der Waals surface area contributed by atoms with Crippen molar-refractivity contribution in [1.29, 1.82) is 0 Å². The van der Waals surface area contributed by atoms with Crippen LogP contribution in [0.3, 0.4) is 0 Å².